The van der Waals surface area contributed by atoms with Crippen molar-refractivity contribution in [3.63, 3.8) is 0 Å². The zero-order valence-corrected chi connectivity index (χ0v) is 16.5. The topological polar surface area (TPSA) is 104 Å². The van der Waals surface area contributed by atoms with Crippen LogP contribution in [0.3, 0.4) is 0 Å². The number of anilines is 1. The molecule has 2 rings (SSSR count). The van der Waals surface area contributed by atoms with E-state index in [0.717, 1.165) is 28.6 Å². The lowest BCUT2D eigenvalue weighted by Crippen LogP contribution is -2.58. The summed E-state index contributed by atoms with van der Waals surface area (Å²) in [5.41, 5.74) is 3.70. The van der Waals surface area contributed by atoms with Crippen molar-refractivity contribution in [3.05, 3.63) is 28.8 Å². The fraction of sp³-hybridized carbons (Fsp3) is 0.556. The number of carbonyl (C=O) groups excluding carboxylic acids is 2. The van der Waals surface area contributed by atoms with Crippen LogP contribution in [0.25, 0.3) is 0 Å². The second kappa shape index (κ2) is 7.75. The Bertz CT molecular complexity index is 789. The van der Waals surface area contributed by atoms with Crippen LogP contribution in [0.4, 0.5) is 5.69 Å². The lowest BCUT2D eigenvalue weighted by molar-refractivity contribution is -0.126. The van der Waals surface area contributed by atoms with E-state index in [9.17, 15) is 18.0 Å². The van der Waals surface area contributed by atoms with E-state index in [1.807, 2.05) is 32.9 Å². The fourth-order valence-electron chi connectivity index (χ4n) is 3.48. The van der Waals surface area contributed by atoms with Crippen molar-refractivity contribution in [3.8, 4) is 0 Å². The maximum Gasteiger partial charge on any atom is 0.243 e. The van der Waals surface area contributed by atoms with Crippen molar-refractivity contribution >= 4 is 27.3 Å². The average Bonchev–Trinajstić information content (AvgIpc) is 2.55. The third kappa shape index (κ3) is 4.24. The number of hydrogen-bond acceptors (Lipinski definition) is 5. The molecule has 0 atom stereocenters. The first-order valence-corrected chi connectivity index (χ1v) is 10.5. The molecule has 0 aromatic heterocycles. The zero-order valence-electron chi connectivity index (χ0n) is 15.7. The molecule has 0 radical (unpaired) electrons. The van der Waals surface area contributed by atoms with E-state index in [1.165, 1.54) is 0 Å². The standard InChI is InChI=1S/C18H27N3O4S/c1-12-9-13(2)16(14(3)10-12)21-15(22)11-20-17(23)18(26(4,24)25)5-7-19-8-6-18/h9-10,19H,5-8,11H2,1-4H3,(H,20,23)(H,21,22). The molecule has 0 bridgehead atoms. The molecule has 1 aliphatic heterocycles. The first-order chi connectivity index (χ1) is 12.1. The highest BCUT2D eigenvalue weighted by Crippen LogP contribution is 2.28. The highest BCUT2D eigenvalue weighted by molar-refractivity contribution is 7.92. The molecule has 144 valence electrons. The van der Waals surface area contributed by atoms with Gasteiger partial charge in [-0.05, 0) is 57.8 Å². The Balaban J connectivity index is 2.06. The Morgan fingerprint density at radius 1 is 1.12 bits per heavy atom. The molecule has 1 aromatic rings. The van der Waals surface area contributed by atoms with Gasteiger partial charge >= 0.3 is 0 Å². The van der Waals surface area contributed by atoms with Gasteiger partial charge in [0.15, 0.2) is 14.6 Å². The van der Waals surface area contributed by atoms with Crippen LogP contribution in [-0.2, 0) is 19.4 Å². The molecule has 1 saturated heterocycles. The molecule has 2 amide bonds. The number of amides is 2. The molecule has 26 heavy (non-hydrogen) atoms. The average molecular weight is 381 g/mol. The van der Waals surface area contributed by atoms with E-state index < -0.39 is 20.5 Å². The van der Waals surface area contributed by atoms with Gasteiger partial charge in [-0.1, -0.05) is 17.7 Å². The summed E-state index contributed by atoms with van der Waals surface area (Å²) < 4.78 is 23.0. The van der Waals surface area contributed by atoms with Crippen molar-refractivity contribution in [2.24, 2.45) is 0 Å². The van der Waals surface area contributed by atoms with Crippen molar-refractivity contribution in [2.75, 3.05) is 31.2 Å². The third-order valence-electron chi connectivity index (χ3n) is 4.89. The van der Waals surface area contributed by atoms with Crippen molar-refractivity contribution in [2.45, 2.75) is 38.4 Å². The van der Waals surface area contributed by atoms with Crippen LogP contribution in [0, 0.1) is 20.8 Å². The Morgan fingerprint density at radius 2 is 1.65 bits per heavy atom. The second-order valence-electron chi connectivity index (χ2n) is 7.02. The maximum absolute atomic E-state index is 12.6. The molecule has 0 saturated carbocycles. The molecule has 8 heteroatoms. The van der Waals surface area contributed by atoms with Gasteiger partial charge in [-0.25, -0.2) is 8.42 Å². The Morgan fingerprint density at radius 3 is 2.15 bits per heavy atom. The van der Waals surface area contributed by atoms with Gasteiger partial charge in [-0.15, -0.1) is 0 Å². The lowest BCUT2D eigenvalue weighted by atomic mass is 9.96. The molecule has 7 nitrogen and oxygen atoms in total. The monoisotopic (exact) mass is 381 g/mol. The predicted molar refractivity (Wildman–Crippen MR) is 102 cm³/mol. The summed E-state index contributed by atoms with van der Waals surface area (Å²) in [6.07, 6.45) is 1.49. The number of rotatable bonds is 5. The van der Waals surface area contributed by atoms with Crippen molar-refractivity contribution in [1.29, 1.82) is 0 Å². The Kier molecular flexibility index (Phi) is 6.08. The zero-order chi connectivity index (χ0) is 19.5. The van der Waals surface area contributed by atoms with Crippen LogP contribution in [-0.4, -0.2) is 50.9 Å². The van der Waals surface area contributed by atoms with Crippen LogP contribution < -0.4 is 16.0 Å². The number of aryl methyl sites for hydroxylation is 3. The first-order valence-electron chi connectivity index (χ1n) is 8.63. The van der Waals surface area contributed by atoms with E-state index in [0.29, 0.717) is 13.1 Å². The second-order valence-corrected chi connectivity index (χ2v) is 9.35. The Labute approximate surface area is 154 Å². The van der Waals surface area contributed by atoms with E-state index in [1.54, 1.807) is 0 Å². The van der Waals surface area contributed by atoms with E-state index in [-0.39, 0.29) is 25.3 Å². The van der Waals surface area contributed by atoms with Crippen LogP contribution in [0.2, 0.25) is 0 Å². The van der Waals surface area contributed by atoms with Gasteiger partial charge in [-0.2, -0.15) is 0 Å². The molecule has 1 aliphatic rings. The third-order valence-corrected chi connectivity index (χ3v) is 6.90. The molecular weight excluding hydrogens is 354 g/mol. The largest absolute Gasteiger partial charge is 0.346 e. The molecule has 1 fully saturated rings. The summed E-state index contributed by atoms with van der Waals surface area (Å²) in [5.74, 6) is -0.986. The van der Waals surface area contributed by atoms with Crippen LogP contribution in [0.5, 0.6) is 0 Å². The molecule has 0 aliphatic carbocycles. The first kappa shape index (κ1) is 20.4. The number of nitrogens with one attached hydrogen (secondary N) is 3. The summed E-state index contributed by atoms with van der Waals surface area (Å²) >= 11 is 0. The SMILES string of the molecule is Cc1cc(C)c(NC(=O)CNC(=O)C2(S(C)(=O)=O)CCNCC2)c(C)c1. The van der Waals surface area contributed by atoms with Gasteiger partial charge in [-0.3, -0.25) is 9.59 Å². The minimum atomic E-state index is -3.60. The summed E-state index contributed by atoms with van der Waals surface area (Å²) in [6, 6.07) is 3.93. The smallest absolute Gasteiger partial charge is 0.243 e. The quantitative estimate of drug-likeness (QED) is 0.701. The van der Waals surface area contributed by atoms with Gasteiger partial charge in [0.05, 0.1) is 6.54 Å². The summed E-state index contributed by atoms with van der Waals surface area (Å²) in [4.78, 5) is 24.9. The summed E-state index contributed by atoms with van der Waals surface area (Å²) in [7, 11) is -3.60. The van der Waals surface area contributed by atoms with Gasteiger partial charge in [0.2, 0.25) is 11.8 Å². The summed E-state index contributed by atoms with van der Waals surface area (Å²) in [5, 5.41) is 8.37. The highest BCUT2D eigenvalue weighted by atomic mass is 32.2. The lowest BCUT2D eigenvalue weighted by Gasteiger charge is -2.34. The van der Waals surface area contributed by atoms with Crippen LogP contribution in [0.15, 0.2) is 12.1 Å². The number of benzene rings is 1. The molecule has 0 spiro atoms. The van der Waals surface area contributed by atoms with E-state index >= 15 is 0 Å². The number of hydrogen-bond donors (Lipinski definition) is 3. The van der Waals surface area contributed by atoms with Crippen molar-refractivity contribution < 1.29 is 18.0 Å². The molecule has 1 heterocycles. The molecule has 3 N–H and O–H groups in total. The summed E-state index contributed by atoms with van der Waals surface area (Å²) in [6.45, 7) is 6.43. The fourth-order valence-corrected chi connectivity index (χ4v) is 4.83. The maximum atomic E-state index is 12.6. The van der Waals surface area contributed by atoms with Gasteiger partial charge in [0, 0.05) is 11.9 Å². The van der Waals surface area contributed by atoms with E-state index in [2.05, 4.69) is 16.0 Å². The number of sulfone groups is 1. The van der Waals surface area contributed by atoms with E-state index in [4.69, 9.17) is 0 Å². The number of carbonyl (C=O) groups is 2. The molecule has 1 aromatic carbocycles. The minimum Gasteiger partial charge on any atom is -0.346 e. The van der Waals surface area contributed by atoms with Crippen molar-refractivity contribution in [1.82, 2.24) is 10.6 Å². The molecule has 0 unspecified atom stereocenters. The van der Waals surface area contributed by atoms with Crippen LogP contribution in [0.1, 0.15) is 29.5 Å². The Hall–Kier alpha value is -1.93. The van der Waals surface area contributed by atoms with Gasteiger partial charge in [0.25, 0.3) is 0 Å². The molecular formula is C18H27N3O4S. The van der Waals surface area contributed by atoms with Gasteiger partial charge < -0.3 is 16.0 Å². The van der Waals surface area contributed by atoms with Gasteiger partial charge in [0.1, 0.15) is 0 Å². The highest BCUT2D eigenvalue weighted by Gasteiger charge is 2.48. The minimum absolute atomic E-state index is 0.204. The number of piperidine rings is 1. The predicted octanol–water partition coefficient (Wildman–Crippen LogP) is 0.833. The van der Waals surface area contributed by atoms with Crippen LogP contribution >= 0.6 is 0 Å². The normalized spacial score (nSPS) is 16.8.